The minimum absolute atomic E-state index is 0.243. The Morgan fingerprint density at radius 3 is 2.69 bits per heavy atom. The number of hydrogen-bond acceptors (Lipinski definition) is 9. The summed E-state index contributed by atoms with van der Waals surface area (Å²) >= 11 is 1.63. The van der Waals surface area contributed by atoms with Crippen molar-refractivity contribution in [2.75, 3.05) is 23.8 Å². The van der Waals surface area contributed by atoms with E-state index in [9.17, 15) is 14.6 Å². The van der Waals surface area contributed by atoms with Crippen LogP contribution < -0.4 is 11.1 Å². The van der Waals surface area contributed by atoms with Crippen molar-refractivity contribution in [1.82, 2.24) is 24.8 Å². The zero-order chi connectivity index (χ0) is 25.1. The molecule has 5 rings (SSSR count). The number of nitrogens with two attached hydrogens (primary N) is 1. The summed E-state index contributed by atoms with van der Waals surface area (Å²) in [7, 11) is 0. The molecule has 2 aromatic carbocycles. The lowest BCUT2D eigenvalue weighted by Crippen LogP contribution is -2.32. The molecule has 0 spiro atoms. The van der Waals surface area contributed by atoms with Gasteiger partial charge < -0.3 is 26.0 Å². The largest absolute Gasteiger partial charge is 0.387 e. The molecule has 0 bridgehead atoms. The standard InChI is InChI=1S/C25H27FN6O3S/c26-18-6-2-5-17(10-18)16-4-1-3-15(9-16)11-28-7-8-36-12-19-21(33)22(34)25(35-19)32-14-31-20-23(27)29-13-30-24(20)32/h1-6,9-10,13-14,19,21-22,25,28,33-34H,7-8,11-12H2,(H2,27,29,30)/t19-,21-,22-,25-/m1/s1. The van der Waals surface area contributed by atoms with Crippen molar-refractivity contribution in [2.45, 2.75) is 31.1 Å². The van der Waals surface area contributed by atoms with Crippen molar-refractivity contribution in [3.05, 3.63) is 72.6 Å². The summed E-state index contributed by atoms with van der Waals surface area (Å²) in [5, 5.41) is 24.5. The average molecular weight is 511 g/mol. The maximum atomic E-state index is 13.5. The molecule has 1 fully saturated rings. The maximum absolute atomic E-state index is 13.5. The van der Waals surface area contributed by atoms with Crippen molar-refractivity contribution in [1.29, 1.82) is 0 Å². The molecule has 36 heavy (non-hydrogen) atoms. The van der Waals surface area contributed by atoms with Gasteiger partial charge in [0, 0.05) is 24.6 Å². The Balaban J connectivity index is 1.09. The Labute approximate surface area is 211 Å². The Morgan fingerprint density at radius 1 is 1.06 bits per heavy atom. The summed E-state index contributed by atoms with van der Waals surface area (Å²) in [4.78, 5) is 12.3. The first-order chi connectivity index (χ1) is 17.5. The van der Waals surface area contributed by atoms with Crippen molar-refractivity contribution in [3.63, 3.8) is 0 Å². The Hall–Kier alpha value is -3.09. The molecule has 1 aliphatic heterocycles. The van der Waals surface area contributed by atoms with Crippen molar-refractivity contribution in [3.8, 4) is 11.1 Å². The van der Waals surface area contributed by atoms with Gasteiger partial charge in [0.05, 0.1) is 12.4 Å². The number of aromatic nitrogens is 4. The monoisotopic (exact) mass is 510 g/mol. The highest BCUT2D eigenvalue weighted by Gasteiger charge is 2.44. The number of imidazole rings is 1. The number of nitrogen functional groups attached to an aromatic ring is 1. The molecule has 1 saturated heterocycles. The number of nitrogens with zero attached hydrogens (tertiary/aromatic N) is 4. The third-order valence-corrected chi connectivity index (χ3v) is 7.17. The van der Waals surface area contributed by atoms with E-state index in [1.807, 2.05) is 24.3 Å². The first-order valence-electron chi connectivity index (χ1n) is 11.6. The minimum Gasteiger partial charge on any atom is -0.387 e. The fourth-order valence-electron chi connectivity index (χ4n) is 4.26. The molecule has 188 valence electrons. The molecule has 3 heterocycles. The summed E-state index contributed by atoms with van der Waals surface area (Å²) in [6.45, 7) is 1.44. The smallest absolute Gasteiger partial charge is 0.167 e. The van der Waals surface area contributed by atoms with Gasteiger partial charge in [-0.3, -0.25) is 4.57 Å². The van der Waals surface area contributed by atoms with Crippen LogP contribution in [0.4, 0.5) is 10.2 Å². The third-order valence-electron chi connectivity index (χ3n) is 6.12. The highest BCUT2D eigenvalue weighted by molar-refractivity contribution is 7.99. The molecule has 4 atom stereocenters. The normalized spacial score (nSPS) is 21.9. The molecule has 1 aliphatic rings. The molecular weight excluding hydrogens is 483 g/mol. The summed E-state index contributed by atoms with van der Waals surface area (Å²) in [5.41, 5.74) is 9.64. The van der Waals surface area contributed by atoms with Crippen LogP contribution in [0.1, 0.15) is 11.8 Å². The summed E-state index contributed by atoms with van der Waals surface area (Å²) < 4.78 is 21.1. The molecule has 0 aliphatic carbocycles. The summed E-state index contributed by atoms with van der Waals surface area (Å²) in [5.74, 6) is 1.32. The van der Waals surface area contributed by atoms with E-state index in [1.54, 1.807) is 22.4 Å². The van der Waals surface area contributed by atoms with Gasteiger partial charge in [0.2, 0.25) is 0 Å². The number of benzene rings is 2. The maximum Gasteiger partial charge on any atom is 0.167 e. The minimum atomic E-state index is -1.12. The lowest BCUT2D eigenvalue weighted by molar-refractivity contribution is -0.0289. The number of fused-ring (bicyclic) bond motifs is 1. The van der Waals surface area contributed by atoms with Crippen LogP contribution in [0, 0.1) is 5.82 Å². The number of hydrogen-bond donors (Lipinski definition) is 4. The number of rotatable bonds is 9. The molecule has 0 radical (unpaired) electrons. The zero-order valence-corrected chi connectivity index (χ0v) is 20.2. The fourth-order valence-corrected chi connectivity index (χ4v) is 5.22. The van der Waals surface area contributed by atoms with Crippen LogP contribution in [-0.4, -0.2) is 66.1 Å². The Morgan fingerprint density at radius 2 is 1.86 bits per heavy atom. The molecule has 0 amide bonds. The van der Waals surface area contributed by atoms with Crippen molar-refractivity contribution >= 4 is 28.7 Å². The summed E-state index contributed by atoms with van der Waals surface area (Å²) in [6, 6.07) is 14.6. The van der Waals surface area contributed by atoms with E-state index in [-0.39, 0.29) is 11.6 Å². The van der Waals surface area contributed by atoms with Crippen LogP contribution in [-0.2, 0) is 11.3 Å². The quantitative estimate of drug-likeness (QED) is 0.251. The molecule has 2 aromatic heterocycles. The second-order valence-electron chi connectivity index (χ2n) is 8.59. The van der Waals surface area contributed by atoms with Crippen LogP contribution in [0.15, 0.2) is 61.2 Å². The molecule has 11 heteroatoms. The van der Waals surface area contributed by atoms with Crippen LogP contribution in [0.25, 0.3) is 22.3 Å². The van der Waals surface area contributed by atoms with E-state index in [0.717, 1.165) is 29.0 Å². The second kappa shape index (κ2) is 10.9. The topological polar surface area (TPSA) is 131 Å². The van der Waals surface area contributed by atoms with Crippen LogP contribution >= 0.6 is 11.8 Å². The molecule has 0 saturated carbocycles. The van der Waals surface area contributed by atoms with Gasteiger partial charge in [0.1, 0.15) is 29.9 Å². The van der Waals surface area contributed by atoms with Gasteiger partial charge >= 0.3 is 0 Å². The fraction of sp³-hybridized carbons (Fsp3) is 0.320. The zero-order valence-electron chi connectivity index (χ0n) is 19.4. The van der Waals surface area contributed by atoms with Gasteiger partial charge in [-0.05, 0) is 34.9 Å². The predicted molar refractivity (Wildman–Crippen MR) is 137 cm³/mol. The highest BCUT2D eigenvalue weighted by Crippen LogP contribution is 2.33. The second-order valence-corrected chi connectivity index (χ2v) is 9.74. The van der Waals surface area contributed by atoms with E-state index in [1.165, 1.54) is 24.8 Å². The van der Waals surface area contributed by atoms with E-state index in [2.05, 4.69) is 26.3 Å². The first-order valence-corrected chi connectivity index (χ1v) is 12.7. The third kappa shape index (κ3) is 5.20. The number of aliphatic hydroxyl groups is 2. The lowest BCUT2D eigenvalue weighted by atomic mass is 10.0. The molecule has 5 N–H and O–H groups in total. The number of ether oxygens (including phenoxy) is 1. The molecule has 0 unspecified atom stereocenters. The van der Waals surface area contributed by atoms with Crippen molar-refractivity contribution < 1.29 is 19.3 Å². The molecular formula is C25H27FN6O3S. The summed E-state index contributed by atoms with van der Waals surface area (Å²) in [6.07, 6.45) is -0.682. The van der Waals surface area contributed by atoms with Gasteiger partial charge in [-0.25, -0.2) is 19.3 Å². The number of halogens is 1. The first kappa shape index (κ1) is 24.6. The van der Waals surface area contributed by atoms with Gasteiger partial charge in [-0.1, -0.05) is 30.3 Å². The van der Waals surface area contributed by atoms with Gasteiger partial charge in [0.15, 0.2) is 17.7 Å². The lowest BCUT2D eigenvalue weighted by Gasteiger charge is -2.16. The van der Waals surface area contributed by atoms with Crippen LogP contribution in [0.5, 0.6) is 0 Å². The average Bonchev–Trinajstić information content (AvgIpc) is 3.43. The van der Waals surface area contributed by atoms with Crippen LogP contribution in [0.3, 0.4) is 0 Å². The highest BCUT2D eigenvalue weighted by atomic mass is 32.2. The van der Waals surface area contributed by atoms with E-state index < -0.39 is 24.5 Å². The predicted octanol–water partition coefficient (Wildman–Crippen LogP) is 2.36. The van der Waals surface area contributed by atoms with Gasteiger partial charge in [-0.2, -0.15) is 11.8 Å². The number of aliphatic hydroxyl groups excluding tert-OH is 2. The SMILES string of the molecule is Nc1ncnc2c1ncn2[C@@H]1O[C@H](CSCCNCc2cccc(-c3cccc(F)c3)c2)[C@@H](O)[C@H]1O. The number of nitrogens with one attached hydrogen (secondary N) is 1. The number of thioether (sulfide) groups is 1. The van der Waals surface area contributed by atoms with Gasteiger partial charge in [-0.15, -0.1) is 0 Å². The van der Waals surface area contributed by atoms with Crippen LogP contribution in [0.2, 0.25) is 0 Å². The van der Waals surface area contributed by atoms with E-state index in [0.29, 0.717) is 23.5 Å². The van der Waals surface area contributed by atoms with Crippen molar-refractivity contribution in [2.24, 2.45) is 0 Å². The number of anilines is 1. The molecule has 4 aromatic rings. The Bertz CT molecular complexity index is 1340. The molecule has 9 nitrogen and oxygen atoms in total. The Kier molecular flexibility index (Phi) is 7.44. The van der Waals surface area contributed by atoms with E-state index >= 15 is 0 Å². The van der Waals surface area contributed by atoms with E-state index in [4.69, 9.17) is 10.5 Å². The van der Waals surface area contributed by atoms with Gasteiger partial charge in [0.25, 0.3) is 0 Å².